The highest BCUT2D eigenvalue weighted by atomic mass is 16.5. The molecule has 4 amide bonds. The Bertz CT molecular complexity index is 838. The molecule has 7 heteroatoms. The lowest BCUT2D eigenvalue weighted by atomic mass is 9.78. The van der Waals surface area contributed by atoms with Gasteiger partial charge >= 0.3 is 6.03 Å². The molecule has 0 aromatic heterocycles. The van der Waals surface area contributed by atoms with Gasteiger partial charge in [0.1, 0.15) is 17.8 Å². The van der Waals surface area contributed by atoms with E-state index in [4.69, 9.17) is 4.74 Å². The number of hydrogen-bond donors (Lipinski definition) is 1. The SMILES string of the molecule is COc1ccc(CC[C@]2(C)NC(=O)N(CC(=O)N3CCC[C@H]4CCCC[C@@H]43)C2=O)cc1. The first-order valence-corrected chi connectivity index (χ1v) is 11.5. The predicted octanol–water partition coefficient (Wildman–Crippen LogP) is 3.12. The normalized spacial score (nSPS) is 28.3. The number of fused-ring (bicyclic) bond motifs is 1. The average Bonchev–Trinajstić information content (AvgIpc) is 3.00. The van der Waals surface area contributed by atoms with Crippen molar-refractivity contribution in [2.24, 2.45) is 5.92 Å². The van der Waals surface area contributed by atoms with Gasteiger partial charge in [0.25, 0.3) is 5.91 Å². The molecule has 0 spiro atoms. The second kappa shape index (κ2) is 8.89. The first-order chi connectivity index (χ1) is 14.9. The number of piperidine rings is 1. The van der Waals surface area contributed by atoms with Crippen molar-refractivity contribution in [3.63, 3.8) is 0 Å². The van der Waals surface area contributed by atoms with Crippen molar-refractivity contribution in [3.05, 3.63) is 29.8 Å². The molecule has 2 heterocycles. The highest BCUT2D eigenvalue weighted by Crippen LogP contribution is 2.35. The van der Waals surface area contributed by atoms with Crippen molar-refractivity contribution in [1.29, 1.82) is 0 Å². The number of benzene rings is 1. The van der Waals surface area contributed by atoms with E-state index in [9.17, 15) is 14.4 Å². The minimum Gasteiger partial charge on any atom is -0.497 e. The number of likely N-dealkylation sites (tertiary alicyclic amines) is 1. The van der Waals surface area contributed by atoms with Gasteiger partial charge in [-0.2, -0.15) is 0 Å². The van der Waals surface area contributed by atoms with Crippen LogP contribution >= 0.6 is 0 Å². The smallest absolute Gasteiger partial charge is 0.325 e. The van der Waals surface area contributed by atoms with Gasteiger partial charge in [-0.05, 0) is 69.1 Å². The lowest BCUT2D eigenvalue weighted by molar-refractivity contribution is -0.142. The first-order valence-electron chi connectivity index (χ1n) is 11.5. The van der Waals surface area contributed by atoms with Crippen LogP contribution in [0.2, 0.25) is 0 Å². The molecule has 1 saturated carbocycles. The lowest BCUT2D eigenvalue weighted by Crippen LogP contribution is -2.53. The van der Waals surface area contributed by atoms with Crippen molar-refractivity contribution in [3.8, 4) is 5.75 Å². The molecule has 1 N–H and O–H groups in total. The third-order valence-corrected chi connectivity index (χ3v) is 7.27. The van der Waals surface area contributed by atoms with Crippen LogP contribution in [0.15, 0.2) is 24.3 Å². The fraction of sp³-hybridized carbons (Fsp3) is 0.625. The van der Waals surface area contributed by atoms with E-state index in [0.29, 0.717) is 18.8 Å². The highest BCUT2D eigenvalue weighted by molar-refractivity contribution is 6.08. The van der Waals surface area contributed by atoms with E-state index in [1.54, 1.807) is 14.0 Å². The molecular formula is C24H33N3O4. The molecule has 168 valence electrons. The summed E-state index contributed by atoms with van der Waals surface area (Å²) in [6.07, 6.45) is 7.91. The van der Waals surface area contributed by atoms with E-state index in [1.807, 2.05) is 29.2 Å². The first kappa shape index (κ1) is 21.7. The Balaban J connectivity index is 1.38. The number of hydrogen-bond acceptors (Lipinski definition) is 4. The number of rotatable bonds is 6. The van der Waals surface area contributed by atoms with E-state index >= 15 is 0 Å². The van der Waals surface area contributed by atoms with Gasteiger partial charge in [0, 0.05) is 12.6 Å². The molecule has 31 heavy (non-hydrogen) atoms. The fourth-order valence-corrected chi connectivity index (χ4v) is 5.41. The van der Waals surface area contributed by atoms with Gasteiger partial charge in [-0.3, -0.25) is 14.5 Å². The number of nitrogens with one attached hydrogen (secondary N) is 1. The van der Waals surface area contributed by atoms with Crippen molar-refractivity contribution in [2.75, 3.05) is 20.2 Å². The van der Waals surface area contributed by atoms with Crippen LogP contribution in [0.1, 0.15) is 57.4 Å². The second-order valence-corrected chi connectivity index (χ2v) is 9.34. The van der Waals surface area contributed by atoms with Crippen LogP contribution in [-0.2, 0) is 16.0 Å². The maximum atomic E-state index is 13.1. The van der Waals surface area contributed by atoms with Gasteiger partial charge in [0.05, 0.1) is 7.11 Å². The summed E-state index contributed by atoms with van der Waals surface area (Å²) in [6, 6.07) is 7.50. The molecule has 0 unspecified atom stereocenters. The number of nitrogens with zero attached hydrogens (tertiary/aromatic N) is 2. The molecule has 3 aliphatic rings. The summed E-state index contributed by atoms with van der Waals surface area (Å²) in [6.45, 7) is 2.32. The minimum absolute atomic E-state index is 0.0977. The summed E-state index contributed by atoms with van der Waals surface area (Å²) < 4.78 is 5.18. The van der Waals surface area contributed by atoms with Crippen molar-refractivity contribution in [1.82, 2.24) is 15.1 Å². The number of ether oxygens (including phenoxy) is 1. The lowest BCUT2D eigenvalue weighted by Gasteiger charge is -2.44. The second-order valence-electron chi connectivity index (χ2n) is 9.34. The molecule has 7 nitrogen and oxygen atoms in total. The summed E-state index contributed by atoms with van der Waals surface area (Å²) in [7, 11) is 1.62. The van der Waals surface area contributed by atoms with Crippen LogP contribution in [0.3, 0.4) is 0 Å². The van der Waals surface area contributed by atoms with Gasteiger partial charge in [0.2, 0.25) is 5.91 Å². The van der Waals surface area contributed by atoms with E-state index in [2.05, 4.69) is 5.32 Å². The minimum atomic E-state index is -0.993. The summed E-state index contributed by atoms with van der Waals surface area (Å²) in [5.41, 5.74) is 0.0716. The van der Waals surface area contributed by atoms with Crippen LogP contribution in [0.5, 0.6) is 5.75 Å². The number of carbonyl (C=O) groups is 3. The number of imide groups is 1. The molecule has 0 bridgehead atoms. The van der Waals surface area contributed by atoms with Gasteiger partial charge in [-0.1, -0.05) is 25.0 Å². The Labute approximate surface area is 184 Å². The molecule has 1 aromatic rings. The van der Waals surface area contributed by atoms with Crippen LogP contribution in [0.4, 0.5) is 4.79 Å². The summed E-state index contributed by atoms with van der Waals surface area (Å²) in [5, 5.41) is 2.83. The Hall–Kier alpha value is -2.57. The maximum absolute atomic E-state index is 13.1. The zero-order valence-corrected chi connectivity index (χ0v) is 18.6. The zero-order chi connectivity index (χ0) is 22.0. The Morgan fingerprint density at radius 1 is 1.13 bits per heavy atom. The summed E-state index contributed by atoms with van der Waals surface area (Å²) in [4.78, 5) is 41.9. The summed E-state index contributed by atoms with van der Waals surface area (Å²) >= 11 is 0. The Morgan fingerprint density at radius 3 is 2.58 bits per heavy atom. The van der Waals surface area contributed by atoms with Gasteiger partial charge in [-0.15, -0.1) is 0 Å². The predicted molar refractivity (Wildman–Crippen MR) is 117 cm³/mol. The van der Waals surface area contributed by atoms with E-state index in [0.717, 1.165) is 42.0 Å². The molecule has 2 aliphatic heterocycles. The van der Waals surface area contributed by atoms with E-state index in [-0.39, 0.29) is 24.4 Å². The third-order valence-electron chi connectivity index (χ3n) is 7.27. The maximum Gasteiger partial charge on any atom is 0.325 e. The Morgan fingerprint density at radius 2 is 1.84 bits per heavy atom. The van der Waals surface area contributed by atoms with Gasteiger partial charge < -0.3 is 15.0 Å². The topological polar surface area (TPSA) is 79.0 Å². The molecule has 2 saturated heterocycles. The zero-order valence-electron chi connectivity index (χ0n) is 18.6. The molecular weight excluding hydrogens is 394 g/mol. The van der Waals surface area contributed by atoms with Gasteiger partial charge in [0.15, 0.2) is 0 Å². The number of urea groups is 1. The molecule has 1 aliphatic carbocycles. The number of methoxy groups -OCH3 is 1. The van der Waals surface area contributed by atoms with Crippen molar-refractivity contribution in [2.45, 2.75) is 69.9 Å². The van der Waals surface area contributed by atoms with Crippen LogP contribution in [0.25, 0.3) is 0 Å². The number of aryl methyl sites for hydroxylation is 1. The molecule has 3 fully saturated rings. The molecule has 0 radical (unpaired) electrons. The molecule has 1 aromatic carbocycles. The largest absolute Gasteiger partial charge is 0.497 e. The van der Waals surface area contributed by atoms with Crippen LogP contribution < -0.4 is 10.1 Å². The molecule has 4 rings (SSSR count). The third kappa shape index (κ3) is 4.41. The van der Waals surface area contributed by atoms with E-state index in [1.165, 1.54) is 19.3 Å². The number of amides is 4. The monoisotopic (exact) mass is 427 g/mol. The van der Waals surface area contributed by atoms with Crippen LogP contribution in [0, 0.1) is 5.92 Å². The van der Waals surface area contributed by atoms with E-state index < -0.39 is 11.6 Å². The molecule has 3 atom stereocenters. The standard InChI is InChI=1S/C24H33N3O4/c1-24(14-13-17-9-11-19(31-2)12-10-17)22(29)27(23(30)25-24)16-21(28)26-15-5-7-18-6-3-4-8-20(18)26/h9-12,18,20H,3-8,13-16H2,1-2H3,(H,25,30)/t18-,20+,24+/m1/s1. The number of carbonyl (C=O) groups excluding carboxylic acids is 3. The Kier molecular flexibility index (Phi) is 6.21. The highest BCUT2D eigenvalue weighted by Gasteiger charge is 2.48. The van der Waals surface area contributed by atoms with Gasteiger partial charge in [-0.25, -0.2) is 4.79 Å². The quantitative estimate of drug-likeness (QED) is 0.708. The fourth-order valence-electron chi connectivity index (χ4n) is 5.41. The van der Waals surface area contributed by atoms with Crippen molar-refractivity contribution >= 4 is 17.8 Å². The average molecular weight is 428 g/mol. The van der Waals surface area contributed by atoms with Crippen LogP contribution in [-0.4, -0.2) is 59.4 Å². The summed E-state index contributed by atoms with van der Waals surface area (Å²) in [5.74, 6) is 0.947. The van der Waals surface area contributed by atoms with Crippen molar-refractivity contribution < 1.29 is 19.1 Å².